The Morgan fingerprint density at radius 1 is 1.56 bits per heavy atom. The zero-order chi connectivity index (χ0) is 13.1. The van der Waals surface area contributed by atoms with Gasteiger partial charge in [-0.25, -0.2) is 0 Å². The number of rotatable bonds is 2. The molecule has 18 heavy (non-hydrogen) atoms. The van der Waals surface area contributed by atoms with Crippen LogP contribution in [0.2, 0.25) is 0 Å². The molecule has 2 N–H and O–H groups in total. The van der Waals surface area contributed by atoms with E-state index in [9.17, 15) is 4.79 Å². The minimum Gasteiger partial charge on any atom is -0.496 e. The number of hydrogen-bond donors (Lipinski definition) is 1. The summed E-state index contributed by atoms with van der Waals surface area (Å²) in [5, 5.41) is 0.471. The summed E-state index contributed by atoms with van der Waals surface area (Å²) in [6, 6.07) is 5.29. The van der Waals surface area contributed by atoms with Crippen LogP contribution in [0.3, 0.4) is 0 Å². The third-order valence-corrected chi connectivity index (χ3v) is 4.16. The minimum absolute atomic E-state index is 0.0305. The quantitative estimate of drug-likeness (QED) is 0.830. The summed E-state index contributed by atoms with van der Waals surface area (Å²) in [5.74, 6) is 1.49. The first-order chi connectivity index (χ1) is 8.63. The van der Waals surface area contributed by atoms with Crippen molar-refractivity contribution in [1.82, 2.24) is 4.90 Å². The maximum Gasteiger partial charge on any atom is 0.259 e. The molecule has 2 rings (SSSR count). The summed E-state index contributed by atoms with van der Waals surface area (Å²) >= 11 is 1.89. The number of ether oxygens (including phenoxy) is 1. The van der Waals surface area contributed by atoms with E-state index in [4.69, 9.17) is 10.5 Å². The second kappa shape index (κ2) is 5.52. The molecule has 0 saturated carbocycles. The number of hydrogen-bond acceptors (Lipinski definition) is 4. The zero-order valence-corrected chi connectivity index (χ0v) is 11.5. The molecule has 0 aliphatic carbocycles. The van der Waals surface area contributed by atoms with Gasteiger partial charge in [0.2, 0.25) is 0 Å². The van der Waals surface area contributed by atoms with Crippen LogP contribution in [-0.4, -0.2) is 42.0 Å². The number of carbonyl (C=O) groups excluding carboxylic acids is 1. The molecule has 1 aliphatic rings. The van der Waals surface area contributed by atoms with Gasteiger partial charge >= 0.3 is 0 Å². The Labute approximate surface area is 111 Å². The number of anilines is 1. The van der Waals surface area contributed by atoms with Gasteiger partial charge in [0.05, 0.1) is 7.11 Å². The summed E-state index contributed by atoms with van der Waals surface area (Å²) < 4.78 is 5.23. The van der Waals surface area contributed by atoms with Gasteiger partial charge < -0.3 is 15.4 Å². The highest BCUT2D eigenvalue weighted by atomic mass is 32.2. The fourth-order valence-corrected chi connectivity index (χ4v) is 3.12. The largest absolute Gasteiger partial charge is 0.496 e. The standard InChI is InChI=1S/C13H18N2O2S/c1-9-8-15(6-7-18-9)13(16)12-10(14)4-3-5-11(12)17-2/h3-5,9H,6-8,14H2,1-2H3. The average molecular weight is 266 g/mol. The molecular weight excluding hydrogens is 248 g/mol. The number of methoxy groups -OCH3 is 1. The summed E-state index contributed by atoms with van der Waals surface area (Å²) in [4.78, 5) is 14.4. The van der Waals surface area contributed by atoms with E-state index in [1.807, 2.05) is 16.7 Å². The lowest BCUT2D eigenvalue weighted by atomic mass is 10.1. The smallest absolute Gasteiger partial charge is 0.259 e. The molecule has 1 amide bonds. The maximum absolute atomic E-state index is 12.5. The maximum atomic E-state index is 12.5. The van der Waals surface area contributed by atoms with E-state index < -0.39 is 0 Å². The normalized spacial score (nSPS) is 19.7. The average Bonchev–Trinajstić information content (AvgIpc) is 2.37. The molecule has 1 saturated heterocycles. The van der Waals surface area contributed by atoms with Crippen LogP contribution in [0.5, 0.6) is 5.75 Å². The lowest BCUT2D eigenvalue weighted by Crippen LogP contribution is -2.41. The second-order valence-corrected chi connectivity index (χ2v) is 5.90. The Morgan fingerprint density at radius 2 is 2.33 bits per heavy atom. The molecular formula is C13H18N2O2S. The molecule has 0 spiro atoms. The number of nitrogen functional groups attached to an aromatic ring is 1. The lowest BCUT2D eigenvalue weighted by Gasteiger charge is -2.31. The lowest BCUT2D eigenvalue weighted by molar-refractivity contribution is 0.0761. The number of nitrogens with zero attached hydrogens (tertiary/aromatic N) is 1. The van der Waals surface area contributed by atoms with Crippen LogP contribution in [0.4, 0.5) is 5.69 Å². The van der Waals surface area contributed by atoms with Crippen LogP contribution in [0.1, 0.15) is 17.3 Å². The Hall–Kier alpha value is -1.36. The zero-order valence-electron chi connectivity index (χ0n) is 10.7. The Morgan fingerprint density at radius 3 is 3.00 bits per heavy atom. The van der Waals surface area contributed by atoms with Crippen molar-refractivity contribution in [1.29, 1.82) is 0 Å². The molecule has 1 unspecified atom stereocenters. The summed E-state index contributed by atoms with van der Waals surface area (Å²) in [6.45, 7) is 3.67. The molecule has 1 aromatic carbocycles. The van der Waals surface area contributed by atoms with Crippen molar-refractivity contribution >= 4 is 23.4 Å². The van der Waals surface area contributed by atoms with Crippen LogP contribution in [0.25, 0.3) is 0 Å². The van der Waals surface area contributed by atoms with E-state index in [1.54, 1.807) is 25.3 Å². The van der Waals surface area contributed by atoms with E-state index in [0.29, 0.717) is 22.3 Å². The molecule has 0 radical (unpaired) electrons. The van der Waals surface area contributed by atoms with Gasteiger partial charge in [0.15, 0.2) is 0 Å². The number of thioether (sulfide) groups is 1. The molecule has 1 fully saturated rings. The fourth-order valence-electron chi connectivity index (χ4n) is 2.11. The van der Waals surface area contributed by atoms with Crippen molar-refractivity contribution in [3.05, 3.63) is 23.8 Å². The third-order valence-electron chi connectivity index (χ3n) is 3.02. The van der Waals surface area contributed by atoms with Gasteiger partial charge in [-0.3, -0.25) is 4.79 Å². The van der Waals surface area contributed by atoms with E-state index >= 15 is 0 Å². The predicted octanol–water partition coefficient (Wildman–Crippen LogP) is 1.85. The van der Waals surface area contributed by atoms with Gasteiger partial charge in [0, 0.05) is 29.8 Å². The third kappa shape index (κ3) is 2.56. The number of benzene rings is 1. The van der Waals surface area contributed by atoms with Gasteiger partial charge in [0.25, 0.3) is 5.91 Å². The van der Waals surface area contributed by atoms with Gasteiger partial charge in [-0.05, 0) is 12.1 Å². The minimum atomic E-state index is -0.0305. The van der Waals surface area contributed by atoms with Gasteiger partial charge in [-0.15, -0.1) is 0 Å². The summed E-state index contributed by atoms with van der Waals surface area (Å²) in [5.41, 5.74) is 6.87. The van der Waals surface area contributed by atoms with Crippen LogP contribution in [0, 0.1) is 0 Å². The van der Waals surface area contributed by atoms with E-state index in [-0.39, 0.29) is 5.91 Å². The Balaban J connectivity index is 2.28. The molecule has 4 nitrogen and oxygen atoms in total. The summed E-state index contributed by atoms with van der Waals surface area (Å²) in [7, 11) is 1.56. The molecule has 0 bridgehead atoms. The van der Waals surface area contributed by atoms with Crippen LogP contribution in [0.15, 0.2) is 18.2 Å². The molecule has 1 atom stereocenters. The molecule has 1 heterocycles. The topological polar surface area (TPSA) is 55.6 Å². The first-order valence-electron chi connectivity index (χ1n) is 5.97. The second-order valence-electron chi connectivity index (χ2n) is 4.36. The number of nitrogens with two attached hydrogens (primary N) is 1. The first kappa shape index (κ1) is 13.1. The highest BCUT2D eigenvalue weighted by Gasteiger charge is 2.26. The van der Waals surface area contributed by atoms with E-state index in [0.717, 1.165) is 18.8 Å². The predicted molar refractivity (Wildman–Crippen MR) is 75.2 cm³/mol. The van der Waals surface area contributed by atoms with Crippen molar-refractivity contribution in [3.63, 3.8) is 0 Å². The van der Waals surface area contributed by atoms with Crippen molar-refractivity contribution in [2.45, 2.75) is 12.2 Å². The molecule has 98 valence electrons. The molecule has 1 aliphatic heterocycles. The van der Waals surface area contributed by atoms with Crippen molar-refractivity contribution in [3.8, 4) is 5.75 Å². The van der Waals surface area contributed by atoms with Crippen molar-refractivity contribution in [2.75, 3.05) is 31.7 Å². The van der Waals surface area contributed by atoms with Crippen molar-refractivity contribution < 1.29 is 9.53 Å². The van der Waals surface area contributed by atoms with Crippen LogP contribution in [-0.2, 0) is 0 Å². The number of amides is 1. The fraction of sp³-hybridized carbons (Fsp3) is 0.462. The van der Waals surface area contributed by atoms with E-state index in [1.165, 1.54) is 0 Å². The monoisotopic (exact) mass is 266 g/mol. The first-order valence-corrected chi connectivity index (χ1v) is 7.01. The van der Waals surface area contributed by atoms with Gasteiger partial charge in [-0.2, -0.15) is 11.8 Å². The SMILES string of the molecule is COc1cccc(N)c1C(=O)N1CCSC(C)C1. The highest BCUT2D eigenvalue weighted by molar-refractivity contribution is 7.99. The summed E-state index contributed by atoms with van der Waals surface area (Å²) in [6.07, 6.45) is 0. The number of carbonyl (C=O) groups is 1. The van der Waals surface area contributed by atoms with Crippen LogP contribution < -0.4 is 10.5 Å². The van der Waals surface area contributed by atoms with Gasteiger partial charge in [0.1, 0.15) is 11.3 Å². The molecule has 5 heteroatoms. The van der Waals surface area contributed by atoms with Crippen LogP contribution >= 0.6 is 11.8 Å². The van der Waals surface area contributed by atoms with Gasteiger partial charge in [-0.1, -0.05) is 13.0 Å². The van der Waals surface area contributed by atoms with Crippen molar-refractivity contribution in [2.24, 2.45) is 0 Å². The Kier molecular flexibility index (Phi) is 4.01. The molecule has 1 aromatic rings. The molecule has 0 aromatic heterocycles. The van der Waals surface area contributed by atoms with E-state index in [2.05, 4.69) is 6.92 Å². The Bertz CT molecular complexity index is 451. The highest BCUT2D eigenvalue weighted by Crippen LogP contribution is 2.27.